The largest absolute Gasteiger partial charge is 0.328 e. The first-order valence-corrected chi connectivity index (χ1v) is 5.51. The highest BCUT2D eigenvalue weighted by molar-refractivity contribution is 6.14. The lowest BCUT2D eigenvalue weighted by atomic mass is 10.0. The fourth-order valence-corrected chi connectivity index (χ4v) is 2.24. The molecular formula is C15H11NO. The van der Waals surface area contributed by atoms with Crippen molar-refractivity contribution >= 4 is 33.6 Å². The first kappa shape index (κ1) is 9.85. The molecule has 3 aromatic rings. The Hall–Kier alpha value is -2.35. The molecule has 2 heteroatoms. The molecule has 0 aliphatic rings. The summed E-state index contributed by atoms with van der Waals surface area (Å²) in [6, 6.07) is 18.3. The second-order valence-electron chi connectivity index (χ2n) is 3.95. The summed E-state index contributed by atoms with van der Waals surface area (Å²) in [5.74, 6) is 0. The average molecular weight is 221 g/mol. The number of benzene rings is 3. The van der Waals surface area contributed by atoms with Gasteiger partial charge >= 0.3 is 0 Å². The molecule has 0 radical (unpaired) electrons. The van der Waals surface area contributed by atoms with Gasteiger partial charge in [0.2, 0.25) is 6.41 Å². The van der Waals surface area contributed by atoms with Crippen LogP contribution in [0.4, 0.5) is 5.69 Å². The van der Waals surface area contributed by atoms with E-state index in [1.165, 1.54) is 5.39 Å². The minimum Gasteiger partial charge on any atom is -0.328 e. The van der Waals surface area contributed by atoms with E-state index in [2.05, 4.69) is 35.6 Å². The Balaban J connectivity index is 2.49. The number of fused-ring (bicyclic) bond motifs is 3. The number of rotatable bonds is 2. The number of nitrogens with one attached hydrogen (secondary N) is 1. The summed E-state index contributed by atoms with van der Waals surface area (Å²) in [5.41, 5.74) is 0.856. The fraction of sp³-hybridized carbons (Fsp3) is 0. The van der Waals surface area contributed by atoms with Gasteiger partial charge in [-0.05, 0) is 22.2 Å². The third-order valence-electron chi connectivity index (χ3n) is 2.98. The lowest BCUT2D eigenvalue weighted by molar-refractivity contribution is -0.105. The molecule has 0 bridgehead atoms. The van der Waals surface area contributed by atoms with Crippen LogP contribution in [-0.2, 0) is 4.79 Å². The summed E-state index contributed by atoms with van der Waals surface area (Å²) in [5, 5.41) is 7.33. The van der Waals surface area contributed by atoms with Crippen LogP contribution < -0.4 is 5.32 Å². The monoisotopic (exact) mass is 221 g/mol. The lowest BCUT2D eigenvalue weighted by Gasteiger charge is -2.08. The number of carbonyl (C=O) groups excluding carboxylic acids is 1. The highest BCUT2D eigenvalue weighted by atomic mass is 16.1. The van der Waals surface area contributed by atoms with Crippen molar-refractivity contribution in [1.29, 1.82) is 0 Å². The molecule has 0 aliphatic carbocycles. The van der Waals surface area contributed by atoms with Gasteiger partial charge in [-0.1, -0.05) is 48.5 Å². The van der Waals surface area contributed by atoms with Gasteiger partial charge in [0.1, 0.15) is 0 Å². The highest BCUT2D eigenvalue weighted by Crippen LogP contribution is 2.30. The highest BCUT2D eigenvalue weighted by Gasteiger charge is 2.04. The molecule has 0 atom stereocenters. The van der Waals surface area contributed by atoms with Crippen molar-refractivity contribution < 1.29 is 4.79 Å². The van der Waals surface area contributed by atoms with Gasteiger partial charge in [0.05, 0.1) is 0 Å². The van der Waals surface area contributed by atoms with Crippen molar-refractivity contribution in [3.05, 3.63) is 54.6 Å². The van der Waals surface area contributed by atoms with Gasteiger partial charge in [-0.3, -0.25) is 4.79 Å². The zero-order chi connectivity index (χ0) is 11.7. The number of anilines is 1. The zero-order valence-electron chi connectivity index (χ0n) is 9.18. The van der Waals surface area contributed by atoms with Crippen LogP contribution in [0.3, 0.4) is 0 Å². The van der Waals surface area contributed by atoms with Crippen molar-refractivity contribution in [2.24, 2.45) is 0 Å². The van der Waals surface area contributed by atoms with Gasteiger partial charge in [0.15, 0.2) is 0 Å². The molecule has 0 spiro atoms. The molecule has 0 saturated carbocycles. The molecule has 0 aromatic heterocycles. The molecule has 1 amide bonds. The Labute approximate surface area is 98.9 Å². The minimum atomic E-state index is 0.719. The number of amides is 1. The van der Waals surface area contributed by atoms with E-state index in [0.29, 0.717) is 0 Å². The van der Waals surface area contributed by atoms with Crippen LogP contribution >= 0.6 is 0 Å². The van der Waals surface area contributed by atoms with E-state index in [1.807, 2.05) is 24.3 Å². The smallest absolute Gasteiger partial charge is 0.211 e. The predicted molar refractivity (Wildman–Crippen MR) is 71.1 cm³/mol. The quantitative estimate of drug-likeness (QED) is 0.520. The molecule has 3 rings (SSSR count). The molecule has 0 fully saturated rings. The molecule has 0 aliphatic heterocycles. The summed E-state index contributed by atoms with van der Waals surface area (Å²) >= 11 is 0. The predicted octanol–water partition coefficient (Wildman–Crippen LogP) is 3.56. The maximum atomic E-state index is 10.6. The zero-order valence-corrected chi connectivity index (χ0v) is 9.18. The SMILES string of the molecule is O=CNc1cccc2ccc3ccccc3c12. The van der Waals surface area contributed by atoms with Crippen molar-refractivity contribution in [3.8, 4) is 0 Å². The second kappa shape index (κ2) is 3.91. The van der Waals surface area contributed by atoms with Gasteiger partial charge in [-0.15, -0.1) is 0 Å². The van der Waals surface area contributed by atoms with E-state index in [4.69, 9.17) is 0 Å². The first-order chi connectivity index (χ1) is 8.40. The number of carbonyl (C=O) groups is 1. The van der Waals surface area contributed by atoms with Gasteiger partial charge in [0.25, 0.3) is 0 Å². The molecule has 0 saturated heterocycles. The first-order valence-electron chi connectivity index (χ1n) is 5.51. The van der Waals surface area contributed by atoms with E-state index in [0.717, 1.165) is 28.3 Å². The molecular weight excluding hydrogens is 210 g/mol. The van der Waals surface area contributed by atoms with Gasteiger partial charge < -0.3 is 5.32 Å². The summed E-state index contributed by atoms with van der Waals surface area (Å²) in [4.78, 5) is 10.6. The van der Waals surface area contributed by atoms with E-state index >= 15 is 0 Å². The third kappa shape index (κ3) is 1.54. The standard InChI is InChI=1S/C15H11NO/c17-10-16-14-7-3-5-12-9-8-11-4-1-2-6-13(11)15(12)14/h1-10H,(H,16,17). The maximum absolute atomic E-state index is 10.6. The Bertz CT molecular complexity index is 703. The molecule has 82 valence electrons. The molecule has 3 aromatic carbocycles. The topological polar surface area (TPSA) is 29.1 Å². The summed E-state index contributed by atoms with van der Waals surface area (Å²) in [6.45, 7) is 0. The average Bonchev–Trinajstić information content (AvgIpc) is 2.39. The van der Waals surface area contributed by atoms with Gasteiger partial charge in [-0.25, -0.2) is 0 Å². The van der Waals surface area contributed by atoms with Crippen molar-refractivity contribution in [3.63, 3.8) is 0 Å². The maximum Gasteiger partial charge on any atom is 0.211 e. The molecule has 0 unspecified atom stereocenters. The Morgan fingerprint density at radius 3 is 2.47 bits per heavy atom. The molecule has 17 heavy (non-hydrogen) atoms. The van der Waals surface area contributed by atoms with Crippen LogP contribution in [0.15, 0.2) is 54.6 Å². The van der Waals surface area contributed by atoms with Crippen LogP contribution in [0.2, 0.25) is 0 Å². The van der Waals surface area contributed by atoms with E-state index in [1.54, 1.807) is 0 Å². The summed E-state index contributed by atoms with van der Waals surface area (Å²) in [7, 11) is 0. The van der Waals surface area contributed by atoms with Crippen molar-refractivity contribution in [2.45, 2.75) is 0 Å². The van der Waals surface area contributed by atoms with Crippen LogP contribution in [0.25, 0.3) is 21.5 Å². The van der Waals surface area contributed by atoms with Crippen LogP contribution in [0, 0.1) is 0 Å². The van der Waals surface area contributed by atoms with Gasteiger partial charge in [-0.2, -0.15) is 0 Å². The summed E-state index contributed by atoms with van der Waals surface area (Å²) < 4.78 is 0. The number of hydrogen-bond acceptors (Lipinski definition) is 1. The van der Waals surface area contributed by atoms with Crippen LogP contribution in [0.1, 0.15) is 0 Å². The van der Waals surface area contributed by atoms with E-state index in [-0.39, 0.29) is 0 Å². The minimum absolute atomic E-state index is 0.719. The molecule has 2 nitrogen and oxygen atoms in total. The fourth-order valence-electron chi connectivity index (χ4n) is 2.24. The Morgan fingerprint density at radius 1 is 0.824 bits per heavy atom. The van der Waals surface area contributed by atoms with Crippen molar-refractivity contribution in [2.75, 3.05) is 5.32 Å². The van der Waals surface area contributed by atoms with Crippen LogP contribution in [0.5, 0.6) is 0 Å². The lowest BCUT2D eigenvalue weighted by Crippen LogP contribution is -1.94. The van der Waals surface area contributed by atoms with Crippen LogP contribution in [-0.4, -0.2) is 6.41 Å². The normalized spacial score (nSPS) is 10.6. The molecule has 1 N–H and O–H groups in total. The second-order valence-corrected chi connectivity index (χ2v) is 3.95. The van der Waals surface area contributed by atoms with E-state index in [9.17, 15) is 4.79 Å². The van der Waals surface area contributed by atoms with Gasteiger partial charge in [0, 0.05) is 11.1 Å². The number of hydrogen-bond donors (Lipinski definition) is 1. The molecule has 0 heterocycles. The summed E-state index contributed by atoms with van der Waals surface area (Å²) in [6.07, 6.45) is 0.719. The Kier molecular flexibility index (Phi) is 2.26. The van der Waals surface area contributed by atoms with E-state index < -0.39 is 0 Å². The van der Waals surface area contributed by atoms with Crippen molar-refractivity contribution in [1.82, 2.24) is 0 Å². The Morgan fingerprint density at radius 2 is 1.59 bits per heavy atom. The third-order valence-corrected chi connectivity index (χ3v) is 2.98.